The van der Waals surface area contributed by atoms with E-state index >= 15 is 0 Å². The molecule has 2 rings (SSSR count). The Labute approximate surface area is 140 Å². The number of rotatable bonds is 3. The summed E-state index contributed by atoms with van der Waals surface area (Å²) in [5.74, 6) is -2.96. The summed E-state index contributed by atoms with van der Waals surface area (Å²) in [5.41, 5.74) is 5.52. The van der Waals surface area contributed by atoms with Crippen LogP contribution in [0.2, 0.25) is 0 Å². The van der Waals surface area contributed by atoms with Crippen LogP contribution in [0.3, 0.4) is 0 Å². The summed E-state index contributed by atoms with van der Waals surface area (Å²) < 4.78 is 82.9. The lowest BCUT2D eigenvalue weighted by molar-refractivity contribution is -0.253. The van der Waals surface area contributed by atoms with Gasteiger partial charge in [0.2, 0.25) is 0 Å². The number of hydrogen-bond acceptors (Lipinski definition) is 2. The van der Waals surface area contributed by atoms with Gasteiger partial charge >= 0.3 is 12.4 Å². The first-order valence-electron chi connectivity index (χ1n) is 7.17. The van der Waals surface area contributed by atoms with E-state index in [1.807, 2.05) is 0 Å². The van der Waals surface area contributed by atoms with Crippen molar-refractivity contribution in [3.05, 3.63) is 53.1 Å². The van der Waals surface area contributed by atoms with Gasteiger partial charge in [-0.2, -0.15) is 26.3 Å². The summed E-state index contributed by atoms with van der Waals surface area (Å²) in [6.07, 6.45) is -10.9. The monoisotopic (exact) mass is 363 g/mol. The lowest BCUT2D eigenvalue weighted by atomic mass is 9.94. The minimum Gasteiger partial charge on any atom is -0.457 e. The normalized spacial score (nSPS) is 12.5. The SMILES string of the molecule is Cc1cc(C(C(F)(F)F)C(F)(F)F)cc(C)c1Oc1ccc(N)cc1. The summed E-state index contributed by atoms with van der Waals surface area (Å²) in [4.78, 5) is 0. The van der Waals surface area contributed by atoms with Crippen molar-refractivity contribution in [2.45, 2.75) is 32.1 Å². The molecule has 0 radical (unpaired) electrons. The summed E-state index contributed by atoms with van der Waals surface area (Å²) in [6, 6.07) is 7.94. The molecular weight excluding hydrogens is 348 g/mol. The Hall–Kier alpha value is -2.38. The van der Waals surface area contributed by atoms with Crippen molar-refractivity contribution in [2.24, 2.45) is 0 Å². The van der Waals surface area contributed by atoms with E-state index in [2.05, 4.69) is 0 Å². The molecule has 0 saturated heterocycles. The lowest BCUT2D eigenvalue weighted by Crippen LogP contribution is -2.34. The minimum absolute atomic E-state index is 0.172. The maximum atomic E-state index is 12.9. The molecule has 0 bridgehead atoms. The van der Waals surface area contributed by atoms with Gasteiger partial charge in [-0.15, -0.1) is 0 Å². The van der Waals surface area contributed by atoms with E-state index in [4.69, 9.17) is 10.5 Å². The van der Waals surface area contributed by atoms with Gasteiger partial charge in [-0.1, -0.05) is 12.1 Å². The molecule has 0 spiro atoms. The first-order chi connectivity index (χ1) is 11.4. The zero-order valence-corrected chi connectivity index (χ0v) is 13.3. The molecule has 0 saturated carbocycles. The van der Waals surface area contributed by atoms with Crippen molar-refractivity contribution < 1.29 is 31.1 Å². The summed E-state index contributed by atoms with van der Waals surface area (Å²) in [6.45, 7) is 2.79. The fourth-order valence-electron chi connectivity index (χ4n) is 2.53. The molecule has 0 aliphatic carbocycles. The Morgan fingerprint density at radius 2 is 1.28 bits per heavy atom. The van der Waals surface area contributed by atoms with Crippen LogP contribution in [-0.2, 0) is 0 Å². The maximum Gasteiger partial charge on any atom is 0.404 e. The molecular formula is C17H15F6NO. The van der Waals surface area contributed by atoms with Gasteiger partial charge in [0.25, 0.3) is 0 Å². The summed E-state index contributed by atoms with van der Waals surface area (Å²) in [5, 5.41) is 0. The maximum absolute atomic E-state index is 12.9. The molecule has 2 aromatic carbocycles. The molecule has 0 aromatic heterocycles. The second-order valence-electron chi connectivity index (χ2n) is 5.67. The number of nitrogens with two attached hydrogens (primary N) is 1. The average molecular weight is 363 g/mol. The van der Waals surface area contributed by atoms with Crippen LogP contribution in [0, 0.1) is 13.8 Å². The third kappa shape index (κ3) is 4.37. The second kappa shape index (κ2) is 6.50. The lowest BCUT2D eigenvalue weighted by Gasteiger charge is -2.24. The quantitative estimate of drug-likeness (QED) is 0.545. The third-order valence-corrected chi connectivity index (χ3v) is 3.57. The van der Waals surface area contributed by atoms with Crippen molar-refractivity contribution in [1.29, 1.82) is 0 Å². The summed E-state index contributed by atoms with van der Waals surface area (Å²) in [7, 11) is 0. The highest BCUT2D eigenvalue weighted by atomic mass is 19.4. The van der Waals surface area contributed by atoms with E-state index in [1.165, 1.54) is 13.8 Å². The number of halogens is 6. The molecule has 2 nitrogen and oxygen atoms in total. The molecule has 2 aromatic rings. The Kier molecular flexibility index (Phi) is 4.92. The fraction of sp³-hybridized carbons (Fsp3) is 0.294. The van der Waals surface area contributed by atoms with Gasteiger partial charge in [0.05, 0.1) is 0 Å². The largest absolute Gasteiger partial charge is 0.457 e. The number of benzene rings is 2. The van der Waals surface area contributed by atoms with E-state index in [-0.39, 0.29) is 16.9 Å². The van der Waals surface area contributed by atoms with Crippen molar-refractivity contribution in [3.8, 4) is 11.5 Å². The van der Waals surface area contributed by atoms with Crippen molar-refractivity contribution in [3.63, 3.8) is 0 Å². The fourth-order valence-corrected chi connectivity index (χ4v) is 2.53. The first kappa shape index (κ1) is 19.0. The second-order valence-corrected chi connectivity index (χ2v) is 5.67. The Balaban J connectivity index is 2.44. The highest BCUT2D eigenvalue weighted by Gasteiger charge is 2.57. The number of anilines is 1. The van der Waals surface area contributed by atoms with Gasteiger partial charge in [0.1, 0.15) is 11.5 Å². The predicted octanol–water partition coefficient (Wildman–Crippen LogP) is 5.89. The van der Waals surface area contributed by atoms with Gasteiger partial charge in [0.15, 0.2) is 5.92 Å². The topological polar surface area (TPSA) is 35.2 Å². The van der Waals surface area contributed by atoms with Crippen LogP contribution in [0.5, 0.6) is 11.5 Å². The van der Waals surface area contributed by atoms with Crippen LogP contribution in [0.15, 0.2) is 36.4 Å². The Bertz CT molecular complexity index is 712. The van der Waals surface area contributed by atoms with E-state index in [0.717, 1.165) is 12.1 Å². The van der Waals surface area contributed by atoms with Crippen LogP contribution in [0.25, 0.3) is 0 Å². The van der Waals surface area contributed by atoms with Gasteiger partial charge < -0.3 is 10.5 Å². The molecule has 8 heteroatoms. The van der Waals surface area contributed by atoms with Crippen LogP contribution in [-0.4, -0.2) is 12.4 Å². The molecule has 0 fully saturated rings. The van der Waals surface area contributed by atoms with Crippen LogP contribution >= 0.6 is 0 Å². The van der Waals surface area contributed by atoms with E-state index in [9.17, 15) is 26.3 Å². The van der Waals surface area contributed by atoms with Gasteiger partial charge in [0, 0.05) is 5.69 Å². The number of aryl methyl sites for hydroxylation is 2. The first-order valence-corrected chi connectivity index (χ1v) is 7.17. The Morgan fingerprint density at radius 3 is 1.68 bits per heavy atom. The number of alkyl halides is 6. The van der Waals surface area contributed by atoms with Gasteiger partial charge in [-0.25, -0.2) is 0 Å². The predicted molar refractivity (Wildman–Crippen MR) is 81.7 cm³/mol. The average Bonchev–Trinajstić information content (AvgIpc) is 2.41. The number of nitrogen functional groups attached to an aromatic ring is 1. The molecule has 0 aliphatic rings. The molecule has 25 heavy (non-hydrogen) atoms. The highest BCUT2D eigenvalue weighted by Crippen LogP contribution is 2.47. The Morgan fingerprint density at radius 1 is 0.840 bits per heavy atom. The van der Waals surface area contributed by atoms with Crippen LogP contribution in [0.4, 0.5) is 32.0 Å². The molecule has 136 valence electrons. The standard InChI is InChI=1S/C17H15F6NO/c1-9-7-11(15(16(18,19)20)17(21,22)23)8-10(2)14(9)25-13-5-3-12(24)4-6-13/h3-8,15H,24H2,1-2H3. The summed E-state index contributed by atoms with van der Waals surface area (Å²) >= 11 is 0. The zero-order chi connectivity index (χ0) is 19.0. The van der Waals surface area contributed by atoms with Crippen molar-refractivity contribution in [1.82, 2.24) is 0 Å². The van der Waals surface area contributed by atoms with Crippen molar-refractivity contribution >= 4 is 5.69 Å². The number of ether oxygens (including phenoxy) is 1. The highest BCUT2D eigenvalue weighted by molar-refractivity contribution is 5.49. The smallest absolute Gasteiger partial charge is 0.404 e. The molecule has 0 atom stereocenters. The van der Waals surface area contributed by atoms with E-state index in [0.29, 0.717) is 11.4 Å². The molecule has 0 aliphatic heterocycles. The third-order valence-electron chi connectivity index (χ3n) is 3.57. The molecule has 0 unspecified atom stereocenters. The molecule has 2 N–H and O–H groups in total. The number of hydrogen-bond donors (Lipinski definition) is 1. The zero-order valence-electron chi connectivity index (χ0n) is 13.3. The van der Waals surface area contributed by atoms with Gasteiger partial charge in [-0.3, -0.25) is 0 Å². The minimum atomic E-state index is -5.43. The van der Waals surface area contributed by atoms with E-state index in [1.54, 1.807) is 24.3 Å². The van der Waals surface area contributed by atoms with Crippen LogP contribution in [0.1, 0.15) is 22.6 Å². The van der Waals surface area contributed by atoms with Crippen molar-refractivity contribution in [2.75, 3.05) is 5.73 Å². The van der Waals surface area contributed by atoms with Gasteiger partial charge in [-0.05, 0) is 54.8 Å². The van der Waals surface area contributed by atoms with E-state index < -0.39 is 23.8 Å². The molecule has 0 heterocycles. The molecule has 0 amide bonds. The van der Waals surface area contributed by atoms with Crippen LogP contribution < -0.4 is 10.5 Å².